The number of likely N-dealkylation sites (N-methyl/N-ethyl adjacent to an activating group) is 1. The Bertz CT molecular complexity index is 994. The number of hydrogen-bond acceptors (Lipinski definition) is 8. The first kappa shape index (κ1) is 26.5. The van der Waals surface area contributed by atoms with Gasteiger partial charge in [-0.2, -0.15) is 18.4 Å². The first-order chi connectivity index (χ1) is 15.4. The monoisotopic (exact) mass is 479 g/mol. The molecule has 1 aliphatic rings. The van der Waals surface area contributed by atoms with Crippen molar-refractivity contribution in [1.82, 2.24) is 19.8 Å². The molecule has 1 fully saturated rings. The summed E-state index contributed by atoms with van der Waals surface area (Å²) >= 11 is 0. The minimum atomic E-state index is -3.67. The Balaban J connectivity index is 0.000000696. The number of hydrogen-bond donors (Lipinski definition) is 2. The molecule has 1 aromatic carbocycles. The van der Waals surface area contributed by atoms with E-state index in [4.69, 9.17) is 15.0 Å². The molecule has 3 rings (SSSR count). The molecule has 0 spiro atoms. The number of anilines is 1. The van der Waals surface area contributed by atoms with Crippen LogP contribution < -0.4 is 10.5 Å². The lowest BCUT2D eigenvalue weighted by Gasteiger charge is -2.36. The number of carbonyl (C=O) groups excluding carboxylic acids is 1. The van der Waals surface area contributed by atoms with Crippen molar-refractivity contribution in [3.8, 4) is 6.01 Å². The highest BCUT2D eigenvalue weighted by Gasteiger charge is 2.25. The van der Waals surface area contributed by atoms with Crippen LogP contribution in [0.15, 0.2) is 30.3 Å². The molecule has 0 saturated carbocycles. The number of piperidine rings is 1. The third-order valence-corrected chi connectivity index (χ3v) is 5.38. The van der Waals surface area contributed by atoms with Crippen LogP contribution in [0.2, 0.25) is 0 Å². The average molecular weight is 480 g/mol. The second-order valence-electron chi connectivity index (χ2n) is 8.11. The SMILES string of the molecule is CS(=O)(=O)O.Cc1nc(OCC(=O)N(C)C2CCN(Cc3ccccc3)CC2)nc(C)c1N. The molecule has 0 radical (unpaired) electrons. The number of aryl methyl sites for hydroxylation is 2. The molecule has 1 amide bonds. The second-order valence-corrected chi connectivity index (χ2v) is 9.58. The maximum atomic E-state index is 12.5. The van der Waals surface area contributed by atoms with Crippen LogP contribution in [0.5, 0.6) is 6.01 Å². The predicted molar refractivity (Wildman–Crippen MR) is 126 cm³/mol. The van der Waals surface area contributed by atoms with Gasteiger partial charge in [-0.15, -0.1) is 0 Å². The fourth-order valence-electron chi connectivity index (χ4n) is 3.50. The lowest BCUT2D eigenvalue weighted by Crippen LogP contribution is -2.46. The minimum Gasteiger partial charge on any atom is -0.453 e. The molecule has 33 heavy (non-hydrogen) atoms. The maximum Gasteiger partial charge on any atom is 0.317 e. The summed E-state index contributed by atoms with van der Waals surface area (Å²) in [6.45, 7) is 6.46. The third kappa shape index (κ3) is 9.32. The zero-order valence-electron chi connectivity index (χ0n) is 19.6. The van der Waals surface area contributed by atoms with E-state index in [1.807, 2.05) is 13.1 Å². The van der Waals surface area contributed by atoms with E-state index in [0.29, 0.717) is 23.3 Å². The molecule has 11 heteroatoms. The van der Waals surface area contributed by atoms with E-state index in [-0.39, 0.29) is 24.6 Å². The molecule has 1 saturated heterocycles. The van der Waals surface area contributed by atoms with Crippen LogP contribution >= 0.6 is 0 Å². The molecule has 0 bridgehead atoms. The van der Waals surface area contributed by atoms with Crippen LogP contribution in [-0.4, -0.2) is 77.7 Å². The minimum absolute atomic E-state index is 0.0581. The van der Waals surface area contributed by atoms with Crippen LogP contribution in [0.4, 0.5) is 5.69 Å². The van der Waals surface area contributed by atoms with Crippen molar-refractivity contribution in [2.75, 3.05) is 38.7 Å². The molecule has 2 aromatic rings. The molecule has 10 nitrogen and oxygen atoms in total. The zero-order chi connectivity index (χ0) is 24.6. The van der Waals surface area contributed by atoms with Crippen molar-refractivity contribution < 1.29 is 22.5 Å². The van der Waals surface area contributed by atoms with Crippen LogP contribution in [0.25, 0.3) is 0 Å². The van der Waals surface area contributed by atoms with Crippen LogP contribution in [0, 0.1) is 13.8 Å². The molecule has 0 aliphatic carbocycles. The van der Waals surface area contributed by atoms with Crippen LogP contribution in [0.1, 0.15) is 29.8 Å². The Labute approximate surface area is 195 Å². The van der Waals surface area contributed by atoms with E-state index in [0.717, 1.165) is 32.5 Å². The highest BCUT2D eigenvalue weighted by atomic mass is 32.2. The van der Waals surface area contributed by atoms with Gasteiger partial charge in [0.2, 0.25) is 0 Å². The molecule has 1 aromatic heterocycles. The Kier molecular flexibility index (Phi) is 9.56. The summed E-state index contributed by atoms with van der Waals surface area (Å²) in [6, 6.07) is 10.9. The van der Waals surface area contributed by atoms with Crippen LogP contribution in [-0.2, 0) is 21.5 Å². The largest absolute Gasteiger partial charge is 0.453 e. The van der Waals surface area contributed by atoms with Gasteiger partial charge in [0.05, 0.1) is 23.3 Å². The number of amides is 1. The smallest absolute Gasteiger partial charge is 0.317 e. The number of likely N-dealkylation sites (tertiary alicyclic amines) is 1. The van der Waals surface area contributed by atoms with Crippen molar-refractivity contribution in [2.45, 2.75) is 39.3 Å². The standard InChI is InChI=1S/C21H29N5O2.CH4O3S/c1-15-20(22)16(2)24-21(23-15)28-14-19(27)25(3)18-9-11-26(12-10-18)13-17-7-5-4-6-8-17;1-5(2,3)4/h4-8,18H,9-14,22H2,1-3H3;1H3,(H,2,3,4). The van der Waals surface area contributed by atoms with Gasteiger partial charge in [-0.05, 0) is 32.3 Å². The third-order valence-electron chi connectivity index (χ3n) is 5.38. The average Bonchev–Trinajstić information content (AvgIpc) is 2.75. The van der Waals surface area contributed by atoms with Gasteiger partial charge in [0.1, 0.15) is 0 Å². The second kappa shape index (κ2) is 11.9. The molecule has 0 unspecified atom stereocenters. The summed E-state index contributed by atoms with van der Waals surface area (Å²) in [5, 5.41) is 0. The van der Waals surface area contributed by atoms with Gasteiger partial charge in [0.25, 0.3) is 16.0 Å². The summed E-state index contributed by atoms with van der Waals surface area (Å²) in [5.74, 6) is -0.0581. The maximum absolute atomic E-state index is 12.5. The summed E-state index contributed by atoms with van der Waals surface area (Å²) in [5.41, 5.74) is 9.06. The molecule has 2 heterocycles. The highest BCUT2D eigenvalue weighted by Crippen LogP contribution is 2.19. The highest BCUT2D eigenvalue weighted by molar-refractivity contribution is 7.85. The molecule has 3 N–H and O–H groups in total. The number of rotatable bonds is 6. The van der Waals surface area contributed by atoms with Gasteiger partial charge in [-0.3, -0.25) is 14.2 Å². The molecular formula is C22H33N5O5S. The molecule has 0 atom stereocenters. The summed E-state index contributed by atoms with van der Waals surface area (Å²) in [6.07, 6.45) is 2.64. The van der Waals surface area contributed by atoms with E-state index < -0.39 is 10.1 Å². The van der Waals surface area contributed by atoms with Gasteiger partial charge < -0.3 is 15.4 Å². The van der Waals surface area contributed by atoms with E-state index >= 15 is 0 Å². The number of carbonyl (C=O) groups is 1. The van der Waals surface area contributed by atoms with E-state index in [1.54, 1.807) is 18.7 Å². The lowest BCUT2D eigenvalue weighted by molar-refractivity contribution is -0.135. The Morgan fingerprint density at radius 2 is 1.70 bits per heavy atom. The van der Waals surface area contributed by atoms with Crippen LogP contribution in [0.3, 0.4) is 0 Å². The summed E-state index contributed by atoms with van der Waals surface area (Å²) in [4.78, 5) is 25.2. The topological polar surface area (TPSA) is 139 Å². The van der Waals surface area contributed by atoms with Gasteiger partial charge in [0.15, 0.2) is 6.61 Å². The fourth-order valence-corrected chi connectivity index (χ4v) is 3.50. The number of benzene rings is 1. The van der Waals surface area contributed by atoms with Crippen molar-refractivity contribution in [3.63, 3.8) is 0 Å². The van der Waals surface area contributed by atoms with Gasteiger partial charge in [-0.1, -0.05) is 30.3 Å². The number of ether oxygens (including phenoxy) is 1. The normalized spacial score (nSPS) is 14.8. The fraction of sp³-hybridized carbons (Fsp3) is 0.500. The Morgan fingerprint density at radius 3 is 2.21 bits per heavy atom. The molecule has 182 valence electrons. The van der Waals surface area contributed by atoms with Crippen molar-refractivity contribution in [3.05, 3.63) is 47.3 Å². The zero-order valence-corrected chi connectivity index (χ0v) is 20.4. The van der Waals surface area contributed by atoms with Crippen molar-refractivity contribution in [1.29, 1.82) is 0 Å². The first-order valence-electron chi connectivity index (χ1n) is 10.6. The summed E-state index contributed by atoms with van der Waals surface area (Å²) in [7, 11) is -1.82. The van der Waals surface area contributed by atoms with Gasteiger partial charge in [0, 0.05) is 32.7 Å². The van der Waals surface area contributed by atoms with Crippen molar-refractivity contribution >= 4 is 21.7 Å². The van der Waals surface area contributed by atoms with Crippen molar-refractivity contribution in [2.24, 2.45) is 0 Å². The van der Waals surface area contributed by atoms with Gasteiger partial charge in [-0.25, -0.2) is 0 Å². The quantitative estimate of drug-likeness (QED) is 0.592. The Morgan fingerprint density at radius 1 is 1.18 bits per heavy atom. The van der Waals surface area contributed by atoms with E-state index in [9.17, 15) is 13.2 Å². The van der Waals surface area contributed by atoms with E-state index in [2.05, 4.69) is 39.1 Å². The number of nitrogens with zero attached hydrogens (tertiary/aromatic N) is 4. The van der Waals surface area contributed by atoms with Gasteiger partial charge >= 0.3 is 6.01 Å². The lowest BCUT2D eigenvalue weighted by atomic mass is 10.0. The first-order valence-corrected chi connectivity index (χ1v) is 12.5. The Hall–Kier alpha value is -2.76. The number of nitrogen functional groups attached to an aromatic ring is 1. The molecular weight excluding hydrogens is 446 g/mol. The van der Waals surface area contributed by atoms with E-state index in [1.165, 1.54) is 5.56 Å². The predicted octanol–water partition coefficient (Wildman–Crippen LogP) is 1.68. The number of aromatic nitrogens is 2. The molecule has 1 aliphatic heterocycles. The summed E-state index contributed by atoms with van der Waals surface area (Å²) < 4.78 is 31.4. The number of nitrogens with two attached hydrogens (primary N) is 1.